The second-order valence-electron chi connectivity index (χ2n) is 8.75. The van der Waals surface area contributed by atoms with Crippen molar-refractivity contribution in [1.82, 2.24) is 9.88 Å². The molecular formula is C24H26BrF3N2O. The van der Waals surface area contributed by atoms with Crippen molar-refractivity contribution in [3.8, 4) is 5.75 Å². The van der Waals surface area contributed by atoms with Gasteiger partial charge in [-0.25, -0.2) is 13.2 Å². The molecule has 166 valence electrons. The number of benzene rings is 2. The Morgan fingerprint density at radius 2 is 1.87 bits per heavy atom. The van der Waals surface area contributed by atoms with Gasteiger partial charge in [-0.05, 0) is 38.8 Å². The summed E-state index contributed by atoms with van der Waals surface area (Å²) in [5, 5.41) is 1.59. The highest BCUT2D eigenvalue weighted by atomic mass is 79.9. The van der Waals surface area contributed by atoms with Gasteiger partial charge in [-0.3, -0.25) is 4.90 Å². The molecule has 4 rings (SSSR count). The van der Waals surface area contributed by atoms with Crippen LogP contribution in [0.1, 0.15) is 43.6 Å². The summed E-state index contributed by atoms with van der Waals surface area (Å²) >= 11 is 3.24. The minimum Gasteiger partial charge on any atom is -0.493 e. The monoisotopic (exact) mass is 494 g/mol. The molecular weight excluding hydrogens is 469 g/mol. The Balaban J connectivity index is 1.90. The van der Waals surface area contributed by atoms with Crippen molar-refractivity contribution < 1.29 is 17.9 Å². The first kappa shape index (κ1) is 22.2. The summed E-state index contributed by atoms with van der Waals surface area (Å²) in [5.74, 6) is -1.26. The Morgan fingerprint density at radius 3 is 2.52 bits per heavy atom. The van der Waals surface area contributed by atoms with Gasteiger partial charge >= 0.3 is 0 Å². The van der Waals surface area contributed by atoms with Gasteiger partial charge in [0, 0.05) is 52.2 Å². The third-order valence-electron chi connectivity index (χ3n) is 5.75. The van der Waals surface area contributed by atoms with Gasteiger partial charge in [0.25, 0.3) is 0 Å². The summed E-state index contributed by atoms with van der Waals surface area (Å²) in [7, 11) is 0. The van der Waals surface area contributed by atoms with Gasteiger partial charge in [-0.2, -0.15) is 0 Å². The van der Waals surface area contributed by atoms with Crippen molar-refractivity contribution in [3.63, 3.8) is 0 Å². The van der Waals surface area contributed by atoms with Gasteiger partial charge in [-0.15, -0.1) is 0 Å². The molecule has 1 N–H and O–H groups in total. The molecule has 7 heteroatoms. The highest BCUT2D eigenvalue weighted by molar-refractivity contribution is 9.09. The maximum atomic E-state index is 15.3. The number of H-pyrrole nitrogens is 1. The van der Waals surface area contributed by atoms with Crippen molar-refractivity contribution in [1.29, 1.82) is 0 Å². The lowest BCUT2D eigenvalue weighted by atomic mass is 9.87. The standard InChI is InChI=1S/C24H26BrF3N2O/c1-14-10-17-16-6-4-5-7-20(16)29-22(17)23(30(14)13-24(2,3)28)21-18(26)11-15(12-19(21)27)31-9-8-25/h4-7,11-12,14,23,29H,8-10,13H2,1-3H3/t14-,23+/m1/s1. The first-order chi connectivity index (χ1) is 14.7. The Morgan fingerprint density at radius 1 is 1.19 bits per heavy atom. The first-order valence-corrected chi connectivity index (χ1v) is 11.5. The number of para-hydroxylation sites is 1. The second kappa shape index (κ2) is 8.51. The van der Waals surface area contributed by atoms with Crippen molar-refractivity contribution in [2.75, 3.05) is 18.5 Å². The number of aromatic amines is 1. The Kier molecular flexibility index (Phi) is 6.10. The summed E-state index contributed by atoms with van der Waals surface area (Å²) in [4.78, 5) is 5.23. The molecule has 2 atom stereocenters. The number of rotatable bonds is 6. The van der Waals surface area contributed by atoms with E-state index in [0.717, 1.165) is 22.2 Å². The van der Waals surface area contributed by atoms with Crippen LogP contribution in [0.25, 0.3) is 10.9 Å². The molecule has 3 nitrogen and oxygen atoms in total. The number of nitrogens with one attached hydrogen (secondary N) is 1. The van der Waals surface area contributed by atoms with Crippen LogP contribution in [0.3, 0.4) is 0 Å². The molecule has 1 aromatic heterocycles. The molecule has 0 amide bonds. The minimum atomic E-state index is -1.53. The third-order valence-corrected chi connectivity index (χ3v) is 6.07. The van der Waals surface area contributed by atoms with Crippen LogP contribution in [0.2, 0.25) is 0 Å². The second-order valence-corrected chi connectivity index (χ2v) is 9.54. The number of nitrogens with zero attached hydrogens (tertiary/aromatic N) is 1. The number of aromatic nitrogens is 1. The molecule has 0 bridgehead atoms. The fourth-order valence-electron chi connectivity index (χ4n) is 4.56. The molecule has 0 saturated carbocycles. The quantitative estimate of drug-likeness (QED) is 0.407. The fraction of sp³-hybridized carbons (Fsp3) is 0.417. The molecule has 0 saturated heterocycles. The van der Waals surface area contributed by atoms with Gasteiger partial charge in [0.2, 0.25) is 0 Å². The normalized spacial score (nSPS) is 19.6. The summed E-state index contributed by atoms with van der Waals surface area (Å²) in [6, 6.07) is 9.37. The van der Waals surface area contributed by atoms with Crippen molar-refractivity contribution in [3.05, 3.63) is 64.9 Å². The summed E-state index contributed by atoms with van der Waals surface area (Å²) < 4.78 is 50.8. The molecule has 0 spiro atoms. The van der Waals surface area contributed by atoms with E-state index in [-0.39, 0.29) is 23.9 Å². The number of fused-ring (bicyclic) bond motifs is 3. The van der Waals surface area contributed by atoms with Crippen LogP contribution in [0, 0.1) is 11.6 Å². The van der Waals surface area contributed by atoms with Crippen LogP contribution in [0.15, 0.2) is 36.4 Å². The SMILES string of the molecule is C[C@@H]1Cc2c([nH]c3ccccc23)[C@H](c2c(F)cc(OCCBr)cc2F)N1CC(C)(C)F. The van der Waals surface area contributed by atoms with Gasteiger partial charge in [0.15, 0.2) is 0 Å². The summed E-state index contributed by atoms with van der Waals surface area (Å²) in [5.41, 5.74) is 1.04. The van der Waals surface area contributed by atoms with E-state index in [1.807, 2.05) is 36.1 Å². The topological polar surface area (TPSA) is 28.3 Å². The number of hydrogen-bond donors (Lipinski definition) is 1. The van der Waals surface area contributed by atoms with E-state index in [1.54, 1.807) is 0 Å². The molecule has 31 heavy (non-hydrogen) atoms. The predicted molar refractivity (Wildman–Crippen MR) is 121 cm³/mol. The largest absolute Gasteiger partial charge is 0.493 e. The zero-order valence-electron chi connectivity index (χ0n) is 17.8. The van der Waals surface area contributed by atoms with Gasteiger partial charge < -0.3 is 9.72 Å². The lowest BCUT2D eigenvalue weighted by molar-refractivity contribution is 0.0642. The van der Waals surface area contributed by atoms with Gasteiger partial charge in [-0.1, -0.05) is 34.1 Å². The smallest absolute Gasteiger partial charge is 0.135 e. The van der Waals surface area contributed by atoms with Gasteiger partial charge in [0.05, 0.1) is 12.6 Å². The van der Waals surface area contributed by atoms with E-state index >= 15 is 8.78 Å². The van der Waals surface area contributed by atoms with Crippen LogP contribution in [-0.2, 0) is 6.42 Å². The Hall–Kier alpha value is -1.99. The zero-order chi connectivity index (χ0) is 22.3. The van der Waals surface area contributed by atoms with Crippen LogP contribution in [0.4, 0.5) is 13.2 Å². The molecule has 0 unspecified atom stereocenters. The molecule has 0 fully saturated rings. The fourth-order valence-corrected chi connectivity index (χ4v) is 4.72. The highest BCUT2D eigenvalue weighted by Gasteiger charge is 2.41. The lowest BCUT2D eigenvalue weighted by Gasteiger charge is -2.43. The third kappa shape index (κ3) is 4.35. The Labute approximate surface area is 188 Å². The van der Waals surface area contributed by atoms with Crippen LogP contribution >= 0.6 is 15.9 Å². The predicted octanol–water partition coefficient (Wildman–Crippen LogP) is 6.30. The zero-order valence-corrected chi connectivity index (χ0v) is 19.4. The summed E-state index contributed by atoms with van der Waals surface area (Å²) in [6.07, 6.45) is 0.668. The lowest BCUT2D eigenvalue weighted by Crippen LogP contribution is -2.48. The summed E-state index contributed by atoms with van der Waals surface area (Å²) in [6.45, 7) is 5.30. The van der Waals surface area contributed by atoms with Crippen molar-refractivity contribution in [2.45, 2.75) is 44.9 Å². The number of alkyl halides is 2. The Bertz CT molecular complexity index is 1070. The molecule has 2 aromatic carbocycles. The molecule has 0 aliphatic carbocycles. The highest BCUT2D eigenvalue weighted by Crippen LogP contribution is 2.43. The average molecular weight is 495 g/mol. The number of ether oxygens (including phenoxy) is 1. The van der Waals surface area contributed by atoms with E-state index in [9.17, 15) is 4.39 Å². The number of halogens is 4. The van der Waals surface area contributed by atoms with E-state index in [1.165, 1.54) is 26.0 Å². The molecule has 2 heterocycles. The molecule has 0 radical (unpaired) electrons. The van der Waals surface area contributed by atoms with Crippen LogP contribution in [-0.4, -0.2) is 40.1 Å². The van der Waals surface area contributed by atoms with E-state index in [2.05, 4.69) is 20.9 Å². The molecule has 1 aliphatic rings. The van der Waals surface area contributed by atoms with E-state index < -0.39 is 23.3 Å². The average Bonchev–Trinajstić information content (AvgIpc) is 3.05. The van der Waals surface area contributed by atoms with E-state index in [4.69, 9.17) is 4.74 Å². The van der Waals surface area contributed by atoms with E-state index in [0.29, 0.717) is 18.4 Å². The maximum Gasteiger partial charge on any atom is 0.135 e. The van der Waals surface area contributed by atoms with Gasteiger partial charge in [0.1, 0.15) is 23.1 Å². The molecule has 1 aliphatic heterocycles. The first-order valence-electron chi connectivity index (χ1n) is 10.4. The van der Waals surface area contributed by atoms with Crippen LogP contribution in [0.5, 0.6) is 5.75 Å². The number of hydrogen-bond acceptors (Lipinski definition) is 2. The van der Waals surface area contributed by atoms with Crippen LogP contribution < -0.4 is 4.74 Å². The maximum absolute atomic E-state index is 15.3. The van der Waals surface area contributed by atoms with Crippen molar-refractivity contribution >= 4 is 26.8 Å². The minimum absolute atomic E-state index is 0.0500. The molecule has 3 aromatic rings. The van der Waals surface area contributed by atoms with Crippen molar-refractivity contribution in [2.24, 2.45) is 0 Å².